The van der Waals surface area contributed by atoms with Gasteiger partial charge in [-0.1, -0.05) is 23.7 Å². The molecular weight excluding hydrogens is 412 g/mol. The van der Waals surface area contributed by atoms with Crippen molar-refractivity contribution in [1.29, 1.82) is 0 Å². The number of aromatic nitrogens is 3. The minimum absolute atomic E-state index is 0.131. The van der Waals surface area contributed by atoms with Gasteiger partial charge in [0, 0.05) is 15.9 Å². The van der Waals surface area contributed by atoms with Crippen molar-refractivity contribution in [3.8, 4) is 0 Å². The molecule has 10 heteroatoms. The zero-order valence-corrected chi connectivity index (χ0v) is 16.4. The molecule has 1 amide bonds. The van der Waals surface area contributed by atoms with E-state index in [1.54, 1.807) is 36.4 Å². The third-order valence-electron chi connectivity index (χ3n) is 4.61. The van der Waals surface area contributed by atoms with Gasteiger partial charge >= 0.3 is 11.7 Å². The molecule has 2 aromatic heterocycles. The number of ether oxygens (including phenoxy) is 1. The number of nitrogens with zero attached hydrogens (tertiary/aromatic N) is 2. The molecule has 0 bridgehead atoms. The number of esters is 1. The van der Waals surface area contributed by atoms with Gasteiger partial charge in [0.05, 0.1) is 18.0 Å². The molecule has 0 aliphatic heterocycles. The highest BCUT2D eigenvalue weighted by molar-refractivity contribution is 6.31. The van der Waals surface area contributed by atoms with Gasteiger partial charge < -0.3 is 9.72 Å². The fourth-order valence-electron chi connectivity index (χ4n) is 3.15. The predicted octanol–water partition coefficient (Wildman–Crippen LogP) is 1.85. The van der Waals surface area contributed by atoms with E-state index >= 15 is 0 Å². The zero-order valence-electron chi connectivity index (χ0n) is 15.6. The number of benzene rings is 2. The first-order valence-electron chi connectivity index (χ1n) is 8.80. The molecule has 2 N–H and O–H groups in total. The van der Waals surface area contributed by atoms with Gasteiger partial charge in [0.25, 0.3) is 11.5 Å². The van der Waals surface area contributed by atoms with Crippen LogP contribution in [0.4, 0.5) is 0 Å². The first-order chi connectivity index (χ1) is 14.4. The van der Waals surface area contributed by atoms with Gasteiger partial charge in [0.15, 0.2) is 0 Å². The van der Waals surface area contributed by atoms with Crippen LogP contribution in [0.3, 0.4) is 0 Å². The standard InChI is InChI=1S/C20H15ClN4O5/c1-30-17(26)10-24-16-5-3-2-4-13(16)19(28)25(20(24)29)23-18(27)15-9-11-8-12(21)6-7-14(11)22-15/h2-9,22H,10H2,1H3,(H,23,27). The van der Waals surface area contributed by atoms with Crippen molar-refractivity contribution >= 4 is 45.3 Å². The van der Waals surface area contributed by atoms with Crippen LogP contribution in [-0.4, -0.2) is 33.2 Å². The number of amides is 1. The summed E-state index contributed by atoms with van der Waals surface area (Å²) in [5.74, 6) is -1.38. The van der Waals surface area contributed by atoms with Crippen molar-refractivity contribution in [1.82, 2.24) is 14.2 Å². The lowest BCUT2D eigenvalue weighted by Crippen LogP contribution is -2.47. The highest BCUT2D eigenvalue weighted by Crippen LogP contribution is 2.20. The van der Waals surface area contributed by atoms with Crippen LogP contribution in [0.5, 0.6) is 0 Å². The number of halogens is 1. The fourth-order valence-corrected chi connectivity index (χ4v) is 3.33. The summed E-state index contributed by atoms with van der Waals surface area (Å²) in [5, 5.41) is 1.36. The Morgan fingerprint density at radius 2 is 1.90 bits per heavy atom. The molecule has 4 rings (SSSR count). The van der Waals surface area contributed by atoms with E-state index in [1.807, 2.05) is 0 Å². The number of nitrogens with one attached hydrogen (secondary N) is 2. The van der Waals surface area contributed by atoms with Crippen LogP contribution in [0.15, 0.2) is 58.1 Å². The van der Waals surface area contributed by atoms with Crippen molar-refractivity contribution in [3.05, 3.63) is 80.1 Å². The summed E-state index contributed by atoms with van der Waals surface area (Å²) in [4.78, 5) is 53.1. The third kappa shape index (κ3) is 3.35. The second-order valence-corrected chi connectivity index (χ2v) is 6.89. The minimum Gasteiger partial charge on any atom is -0.468 e. The van der Waals surface area contributed by atoms with E-state index in [1.165, 1.54) is 19.2 Å². The van der Waals surface area contributed by atoms with Gasteiger partial charge in [-0.15, -0.1) is 0 Å². The quantitative estimate of drug-likeness (QED) is 0.483. The Labute approximate surface area is 173 Å². The molecular formula is C20H15ClN4O5. The van der Waals surface area contributed by atoms with Gasteiger partial charge in [0.1, 0.15) is 12.2 Å². The van der Waals surface area contributed by atoms with Gasteiger partial charge in [-0.25, -0.2) is 4.79 Å². The number of aromatic amines is 1. The first-order valence-corrected chi connectivity index (χ1v) is 9.18. The van der Waals surface area contributed by atoms with E-state index in [4.69, 9.17) is 11.6 Å². The molecule has 0 unspecified atom stereocenters. The Morgan fingerprint density at radius 3 is 2.67 bits per heavy atom. The van der Waals surface area contributed by atoms with Crippen molar-refractivity contribution in [2.24, 2.45) is 0 Å². The van der Waals surface area contributed by atoms with E-state index in [9.17, 15) is 19.2 Å². The van der Waals surface area contributed by atoms with Crippen LogP contribution in [-0.2, 0) is 16.1 Å². The van der Waals surface area contributed by atoms with E-state index in [0.29, 0.717) is 20.6 Å². The number of H-pyrrole nitrogens is 1. The smallest absolute Gasteiger partial charge is 0.351 e. The van der Waals surface area contributed by atoms with Gasteiger partial charge in [-0.05, 0) is 36.4 Å². The lowest BCUT2D eigenvalue weighted by Gasteiger charge is -2.13. The number of para-hydroxylation sites is 1. The Morgan fingerprint density at radius 1 is 1.13 bits per heavy atom. The monoisotopic (exact) mass is 426 g/mol. The van der Waals surface area contributed by atoms with Crippen LogP contribution in [0, 0.1) is 0 Å². The van der Waals surface area contributed by atoms with Crippen molar-refractivity contribution in [2.45, 2.75) is 6.54 Å². The van der Waals surface area contributed by atoms with Crippen molar-refractivity contribution in [3.63, 3.8) is 0 Å². The Bertz CT molecular complexity index is 1430. The molecule has 0 fully saturated rings. The number of carbonyl (C=O) groups is 2. The molecule has 2 aromatic carbocycles. The molecule has 152 valence electrons. The number of hydrogen-bond donors (Lipinski definition) is 2. The molecule has 0 aliphatic rings. The zero-order chi connectivity index (χ0) is 21.4. The minimum atomic E-state index is -0.878. The van der Waals surface area contributed by atoms with Crippen molar-refractivity contribution < 1.29 is 14.3 Å². The molecule has 30 heavy (non-hydrogen) atoms. The Balaban J connectivity index is 1.81. The highest BCUT2D eigenvalue weighted by atomic mass is 35.5. The molecule has 0 atom stereocenters. The molecule has 4 aromatic rings. The highest BCUT2D eigenvalue weighted by Gasteiger charge is 2.18. The Kier molecular flexibility index (Phi) is 4.88. The lowest BCUT2D eigenvalue weighted by atomic mass is 10.2. The van der Waals surface area contributed by atoms with Crippen LogP contribution in [0.25, 0.3) is 21.8 Å². The number of fused-ring (bicyclic) bond motifs is 2. The average Bonchev–Trinajstić information content (AvgIpc) is 3.17. The third-order valence-corrected chi connectivity index (χ3v) is 4.84. The predicted molar refractivity (Wildman–Crippen MR) is 111 cm³/mol. The second kappa shape index (κ2) is 7.53. The molecule has 2 heterocycles. The number of hydrogen-bond acceptors (Lipinski definition) is 5. The number of carbonyl (C=O) groups excluding carboxylic acids is 2. The lowest BCUT2D eigenvalue weighted by molar-refractivity contribution is -0.141. The van der Waals surface area contributed by atoms with E-state index in [-0.39, 0.29) is 16.6 Å². The van der Waals surface area contributed by atoms with Gasteiger partial charge in [0.2, 0.25) is 0 Å². The molecule has 0 spiro atoms. The van der Waals surface area contributed by atoms with Crippen molar-refractivity contribution in [2.75, 3.05) is 12.5 Å². The largest absolute Gasteiger partial charge is 0.468 e. The maximum Gasteiger partial charge on any atom is 0.351 e. The molecule has 0 radical (unpaired) electrons. The second-order valence-electron chi connectivity index (χ2n) is 6.46. The fraction of sp³-hybridized carbons (Fsp3) is 0.100. The summed E-state index contributed by atoms with van der Waals surface area (Å²) in [6.07, 6.45) is 0. The summed E-state index contributed by atoms with van der Waals surface area (Å²) in [6.45, 7) is -0.420. The SMILES string of the molecule is COC(=O)Cn1c(=O)n(NC(=O)c2cc3cc(Cl)ccc3[nH]2)c(=O)c2ccccc21. The molecule has 0 saturated carbocycles. The van der Waals surface area contributed by atoms with E-state index in [2.05, 4.69) is 15.1 Å². The Hall–Kier alpha value is -3.85. The normalized spacial score (nSPS) is 11.0. The summed E-state index contributed by atoms with van der Waals surface area (Å²) >= 11 is 5.96. The van der Waals surface area contributed by atoms with Crippen LogP contribution >= 0.6 is 11.6 Å². The van der Waals surface area contributed by atoms with Crippen LogP contribution < -0.4 is 16.7 Å². The van der Waals surface area contributed by atoms with E-state index in [0.717, 1.165) is 4.57 Å². The average molecular weight is 427 g/mol. The van der Waals surface area contributed by atoms with Crippen LogP contribution in [0.1, 0.15) is 10.5 Å². The maximum atomic E-state index is 12.9. The topological polar surface area (TPSA) is 115 Å². The first kappa shape index (κ1) is 19.5. The van der Waals surface area contributed by atoms with Gasteiger partial charge in [-0.3, -0.25) is 24.4 Å². The number of rotatable bonds is 4. The van der Waals surface area contributed by atoms with Gasteiger partial charge in [-0.2, -0.15) is 4.68 Å². The molecule has 9 nitrogen and oxygen atoms in total. The summed E-state index contributed by atoms with van der Waals surface area (Å²) in [5.41, 5.74) is 1.76. The molecule has 0 aliphatic carbocycles. The van der Waals surface area contributed by atoms with Crippen LogP contribution in [0.2, 0.25) is 5.02 Å². The summed E-state index contributed by atoms with van der Waals surface area (Å²) in [6, 6.07) is 12.9. The molecule has 0 saturated heterocycles. The summed E-state index contributed by atoms with van der Waals surface area (Å²) < 4.78 is 6.27. The number of methoxy groups -OCH3 is 1. The van der Waals surface area contributed by atoms with E-state index < -0.39 is 29.7 Å². The maximum absolute atomic E-state index is 12.9. The summed E-state index contributed by atoms with van der Waals surface area (Å²) in [7, 11) is 1.19.